The molecule has 38 heavy (non-hydrogen) atoms. The minimum atomic E-state index is -4.47. The van der Waals surface area contributed by atoms with E-state index in [0.717, 1.165) is 17.8 Å². The van der Waals surface area contributed by atoms with Crippen molar-refractivity contribution in [1.82, 2.24) is 14.5 Å². The highest BCUT2D eigenvalue weighted by Crippen LogP contribution is 2.33. The number of carbonyl (C=O) groups is 1. The molecule has 4 aromatic rings. The Morgan fingerprint density at radius 2 is 1.79 bits per heavy atom. The zero-order valence-electron chi connectivity index (χ0n) is 20.2. The molecule has 1 aliphatic heterocycles. The monoisotopic (exact) mass is 565 g/mol. The van der Waals surface area contributed by atoms with Gasteiger partial charge >= 0.3 is 6.18 Å². The molecule has 2 aromatic carbocycles. The van der Waals surface area contributed by atoms with Crippen molar-refractivity contribution in [2.45, 2.75) is 24.0 Å². The quantitative estimate of drug-likeness (QED) is 0.353. The molecule has 0 bridgehead atoms. The number of nitrogens with one attached hydrogen (secondary N) is 1. The second-order valence-electron chi connectivity index (χ2n) is 8.92. The van der Waals surface area contributed by atoms with E-state index in [-0.39, 0.29) is 17.4 Å². The number of benzene rings is 2. The molecular weight excluding hydrogens is 539 g/mol. The van der Waals surface area contributed by atoms with Crippen molar-refractivity contribution in [2.75, 3.05) is 35.8 Å². The predicted molar refractivity (Wildman–Crippen MR) is 142 cm³/mol. The number of piperazine rings is 1. The van der Waals surface area contributed by atoms with Crippen LogP contribution < -0.4 is 9.62 Å². The molecule has 8 nitrogen and oxygen atoms in total. The fourth-order valence-corrected chi connectivity index (χ4v) is 6.30. The lowest BCUT2D eigenvalue weighted by Crippen LogP contribution is -2.50. The summed E-state index contributed by atoms with van der Waals surface area (Å²) >= 11 is 1.19. The van der Waals surface area contributed by atoms with Crippen molar-refractivity contribution in [3.8, 4) is 0 Å². The lowest BCUT2D eigenvalue weighted by atomic mass is 10.1. The second-order valence-corrected chi connectivity index (χ2v) is 11.5. The fraction of sp³-hybridized carbons (Fsp3) is 0.280. The molecule has 13 heteroatoms. The van der Waals surface area contributed by atoms with Gasteiger partial charge in [0.15, 0.2) is 5.13 Å². The molecule has 0 spiro atoms. The summed E-state index contributed by atoms with van der Waals surface area (Å²) in [6.45, 7) is 3.62. The molecule has 0 saturated carbocycles. The van der Waals surface area contributed by atoms with Crippen LogP contribution in [-0.2, 0) is 21.0 Å². The predicted octanol–water partition coefficient (Wildman–Crippen LogP) is 5.07. The van der Waals surface area contributed by atoms with Gasteiger partial charge in [-0.2, -0.15) is 13.2 Å². The molecule has 1 aliphatic rings. The molecular formula is C25H26F3N5O3S2. The van der Waals surface area contributed by atoms with Gasteiger partial charge in [0.05, 0.1) is 10.5 Å². The van der Waals surface area contributed by atoms with E-state index in [1.165, 1.54) is 35.7 Å². The molecule has 2 aromatic heterocycles. The minimum absolute atomic E-state index is 0. The number of thiazole rings is 1. The van der Waals surface area contributed by atoms with Crippen LogP contribution >= 0.6 is 11.3 Å². The van der Waals surface area contributed by atoms with Crippen LogP contribution in [-0.4, -0.2) is 55.0 Å². The maximum absolute atomic E-state index is 13.2. The highest BCUT2D eigenvalue weighted by Gasteiger charge is 2.32. The molecule has 5 rings (SSSR count). The van der Waals surface area contributed by atoms with E-state index in [9.17, 15) is 26.4 Å². The first-order chi connectivity index (χ1) is 18.0. The summed E-state index contributed by atoms with van der Waals surface area (Å²) in [5.41, 5.74) is 0.434. The zero-order valence-corrected chi connectivity index (χ0v) is 21.9. The summed E-state index contributed by atoms with van der Waals surface area (Å²) in [4.78, 5) is 21.1. The van der Waals surface area contributed by atoms with Gasteiger partial charge in [0.2, 0.25) is 5.91 Å². The maximum atomic E-state index is 13.2. The van der Waals surface area contributed by atoms with Crippen LogP contribution in [0.25, 0.3) is 10.9 Å². The van der Waals surface area contributed by atoms with Crippen LogP contribution in [0.15, 0.2) is 71.2 Å². The number of hydrogen-bond acceptors (Lipinski definition) is 6. The number of sulfonamides is 1. The number of amides is 1. The van der Waals surface area contributed by atoms with E-state index < -0.39 is 27.8 Å². The average molecular weight is 566 g/mol. The van der Waals surface area contributed by atoms with Crippen molar-refractivity contribution >= 4 is 49.0 Å². The number of halogens is 3. The summed E-state index contributed by atoms with van der Waals surface area (Å²) in [5.74, 6) is -0.172. The number of nitrogens with zero attached hydrogens (tertiary/aromatic N) is 4. The molecule has 1 atom stereocenters. The van der Waals surface area contributed by atoms with Crippen LogP contribution in [0.4, 0.5) is 24.0 Å². The van der Waals surface area contributed by atoms with Crippen LogP contribution in [0.5, 0.6) is 0 Å². The molecule has 1 fully saturated rings. The maximum Gasteiger partial charge on any atom is 0.416 e. The number of anilines is 2. The Kier molecular flexibility index (Phi) is 6.82. The Morgan fingerprint density at radius 1 is 1.08 bits per heavy atom. The third kappa shape index (κ3) is 5.20. The number of aromatic nitrogens is 2. The number of fused-ring (bicyclic) bond motifs is 1. The van der Waals surface area contributed by atoms with E-state index in [1.807, 2.05) is 0 Å². The van der Waals surface area contributed by atoms with Crippen molar-refractivity contribution in [1.29, 1.82) is 0 Å². The van der Waals surface area contributed by atoms with E-state index >= 15 is 0 Å². The number of hydrogen-bond donors (Lipinski definition) is 1. The van der Waals surface area contributed by atoms with Gasteiger partial charge < -0.3 is 14.4 Å². The molecule has 0 unspecified atom stereocenters. The molecule has 202 valence electrons. The highest BCUT2D eigenvalue weighted by molar-refractivity contribution is 7.93. The van der Waals surface area contributed by atoms with Crippen LogP contribution in [0.1, 0.15) is 20.0 Å². The first-order valence-corrected chi connectivity index (χ1v) is 14.1. The largest absolute Gasteiger partial charge is 0.416 e. The number of alkyl halides is 3. The van der Waals surface area contributed by atoms with Crippen molar-refractivity contribution < 1.29 is 27.8 Å². The van der Waals surface area contributed by atoms with E-state index in [1.54, 1.807) is 46.2 Å². The van der Waals surface area contributed by atoms with Crippen LogP contribution in [0.2, 0.25) is 0 Å². The van der Waals surface area contributed by atoms with E-state index in [0.29, 0.717) is 37.1 Å². The van der Waals surface area contributed by atoms with Gasteiger partial charge in [-0.05, 0) is 54.8 Å². The first kappa shape index (κ1) is 26.0. The third-order valence-electron chi connectivity index (χ3n) is 6.58. The van der Waals surface area contributed by atoms with Crippen molar-refractivity contribution in [2.24, 2.45) is 0 Å². The molecule has 0 aliphatic carbocycles. The van der Waals surface area contributed by atoms with Gasteiger partial charge in [0.1, 0.15) is 6.04 Å². The molecule has 1 N–H and O–H groups in total. The Morgan fingerprint density at radius 3 is 2.42 bits per heavy atom. The van der Waals surface area contributed by atoms with E-state index in [4.69, 9.17) is 0 Å². The fourth-order valence-electron chi connectivity index (χ4n) is 4.52. The van der Waals surface area contributed by atoms with Gasteiger partial charge in [-0.25, -0.2) is 13.4 Å². The smallest absolute Gasteiger partial charge is 0.368 e. The molecule has 3 heterocycles. The standard InChI is InChI=1S/C25H24F3N5O3S2.H2/c1-17(33-10-8-18-2-3-19(16-22(18)33)25(26,27)28)23(34)32-13-11-31(12-14-32)20-4-6-21(7-5-20)38(35,36)30-24-29-9-15-37-24;/h2-10,15-17H,11-14H2,1H3,(H,29,30);1H/t17-;/m0./s1. The Labute approximate surface area is 222 Å². The van der Waals surface area contributed by atoms with Gasteiger partial charge in [-0.15, -0.1) is 11.3 Å². The highest BCUT2D eigenvalue weighted by atomic mass is 32.2. The Bertz CT molecular complexity index is 1550. The summed E-state index contributed by atoms with van der Waals surface area (Å²) in [6.07, 6.45) is -1.31. The SMILES string of the molecule is C[C@@H](C(=O)N1CCN(c2ccc(S(=O)(=O)Nc3nccs3)cc2)CC1)n1ccc2ccc(C(F)(F)F)cc21.[HH]. The van der Waals surface area contributed by atoms with Crippen molar-refractivity contribution in [3.63, 3.8) is 0 Å². The van der Waals surface area contributed by atoms with E-state index in [2.05, 4.69) is 14.6 Å². The van der Waals surface area contributed by atoms with Crippen LogP contribution in [0.3, 0.4) is 0 Å². The van der Waals surface area contributed by atoms with Crippen LogP contribution in [0, 0.1) is 0 Å². The molecule has 1 saturated heterocycles. The number of carbonyl (C=O) groups excluding carboxylic acids is 1. The Hall–Kier alpha value is -3.58. The summed E-state index contributed by atoms with van der Waals surface area (Å²) < 4.78 is 68.8. The molecule has 0 radical (unpaired) electrons. The first-order valence-electron chi connectivity index (χ1n) is 11.8. The summed E-state index contributed by atoms with van der Waals surface area (Å²) in [6, 6.07) is 11.1. The summed E-state index contributed by atoms with van der Waals surface area (Å²) in [5, 5.41) is 2.60. The minimum Gasteiger partial charge on any atom is -0.368 e. The second kappa shape index (κ2) is 9.95. The molecule has 1 amide bonds. The topological polar surface area (TPSA) is 87.5 Å². The van der Waals surface area contributed by atoms with Gasteiger partial charge in [0.25, 0.3) is 10.0 Å². The van der Waals surface area contributed by atoms with Gasteiger partial charge in [-0.1, -0.05) is 6.07 Å². The lowest BCUT2D eigenvalue weighted by Gasteiger charge is -2.37. The summed E-state index contributed by atoms with van der Waals surface area (Å²) in [7, 11) is -3.75. The average Bonchev–Trinajstić information content (AvgIpc) is 3.56. The van der Waals surface area contributed by atoms with Crippen molar-refractivity contribution in [3.05, 3.63) is 71.9 Å². The Balaban J connectivity index is 0.00000353. The normalized spacial score (nSPS) is 15.6. The van der Waals surface area contributed by atoms with Gasteiger partial charge in [0, 0.05) is 56.6 Å². The third-order valence-corrected chi connectivity index (χ3v) is 8.76. The number of rotatable bonds is 6. The zero-order chi connectivity index (χ0) is 27.1. The van der Waals surface area contributed by atoms with Gasteiger partial charge in [-0.3, -0.25) is 9.52 Å². The lowest BCUT2D eigenvalue weighted by molar-refractivity contribution is -0.137.